The van der Waals surface area contributed by atoms with Gasteiger partial charge in [0.15, 0.2) is 0 Å². The number of benzene rings is 1. The molecule has 1 amide bonds. The second kappa shape index (κ2) is 5.27. The van der Waals surface area contributed by atoms with Crippen molar-refractivity contribution in [3.8, 4) is 0 Å². The highest BCUT2D eigenvalue weighted by molar-refractivity contribution is 9.10. The number of pyridine rings is 1. The van der Waals surface area contributed by atoms with E-state index in [1.807, 2.05) is 25.1 Å². The molecule has 0 atom stereocenters. The summed E-state index contributed by atoms with van der Waals surface area (Å²) in [5, 5.41) is 2.71. The topological polar surface area (TPSA) is 42.0 Å². The van der Waals surface area contributed by atoms with Crippen LogP contribution in [0.25, 0.3) is 0 Å². The second-order valence-electron chi connectivity index (χ2n) is 3.80. The fraction of sp³-hybridized carbons (Fsp3) is 0.0769. The highest BCUT2D eigenvalue weighted by Crippen LogP contribution is 2.23. The molecule has 1 aromatic carbocycles. The summed E-state index contributed by atoms with van der Waals surface area (Å²) in [6.45, 7) is 1.92. The zero-order chi connectivity index (χ0) is 13.1. The van der Waals surface area contributed by atoms with Gasteiger partial charge in [0.1, 0.15) is 0 Å². The fourth-order valence-corrected chi connectivity index (χ4v) is 1.82. The number of amides is 1. The Balaban J connectivity index is 2.24. The van der Waals surface area contributed by atoms with Crippen molar-refractivity contribution < 1.29 is 9.18 Å². The van der Waals surface area contributed by atoms with Gasteiger partial charge in [0.25, 0.3) is 5.91 Å². The maximum absolute atomic E-state index is 12.9. The highest BCUT2D eigenvalue weighted by atomic mass is 79.9. The van der Waals surface area contributed by atoms with Gasteiger partial charge in [-0.05, 0) is 46.6 Å². The summed E-state index contributed by atoms with van der Waals surface area (Å²) in [6, 6.07) is 8.16. The van der Waals surface area contributed by atoms with Crippen LogP contribution in [0.4, 0.5) is 10.1 Å². The van der Waals surface area contributed by atoms with Crippen LogP contribution < -0.4 is 5.32 Å². The van der Waals surface area contributed by atoms with Gasteiger partial charge in [-0.15, -0.1) is 0 Å². The molecular weight excluding hydrogens is 299 g/mol. The van der Waals surface area contributed by atoms with Crippen LogP contribution in [-0.2, 0) is 0 Å². The Morgan fingerprint density at radius 2 is 2.11 bits per heavy atom. The maximum Gasteiger partial charge on any atom is 0.255 e. The summed E-state index contributed by atoms with van der Waals surface area (Å²) in [7, 11) is 0. The van der Waals surface area contributed by atoms with Crippen molar-refractivity contribution in [2.75, 3.05) is 5.32 Å². The van der Waals surface area contributed by atoms with Crippen LogP contribution in [0.15, 0.2) is 41.0 Å². The lowest BCUT2D eigenvalue weighted by Crippen LogP contribution is -2.12. The number of carbonyl (C=O) groups is 1. The van der Waals surface area contributed by atoms with E-state index in [2.05, 4.69) is 26.2 Å². The highest BCUT2D eigenvalue weighted by Gasteiger charge is 2.09. The molecule has 92 valence electrons. The normalized spacial score (nSPS) is 10.2. The van der Waals surface area contributed by atoms with Crippen molar-refractivity contribution in [2.24, 2.45) is 0 Å². The molecule has 2 aromatic rings. The standard InChI is InChI=1S/C13H10BrFN2O/c1-8-2-3-10(14)11(6-8)17-13(18)9-4-5-16-12(15)7-9/h2-7H,1H3,(H,17,18). The molecule has 0 bridgehead atoms. The van der Waals surface area contributed by atoms with E-state index in [4.69, 9.17) is 0 Å². The third-order valence-electron chi connectivity index (χ3n) is 2.36. The van der Waals surface area contributed by atoms with Gasteiger partial charge in [-0.1, -0.05) is 6.07 Å². The molecule has 0 spiro atoms. The van der Waals surface area contributed by atoms with Gasteiger partial charge in [0, 0.05) is 22.3 Å². The lowest BCUT2D eigenvalue weighted by molar-refractivity contribution is 0.102. The zero-order valence-corrected chi connectivity index (χ0v) is 11.2. The number of carbonyl (C=O) groups excluding carboxylic acids is 1. The van der Waals surface area contributed by atoms with E-state index in [1.165, 1.54) is 12.3 Å². The third kappa shape index (κ3) is 2.92. The lowest BCUT2D eigenvalue weighted by atomic mass is 10.2. The first-order valence-electron chi connectivity index (χ1n) is 5.25. The van der Waals surface area contributed by atoms with Gasteiger partial charge in [-0.3, -0.25) is 4.79 Å². The minimum absolute atomic E-state index is 0.232. The number of aromatic nitrogens is 1. The summed E-state index contributed by atoms with van der Waals surface area (Å²) in [4.78, 5) is 15.3. The summed E-state index contributed by atoms with van der Waals surface area (Å²) in [6.07, 6.45) is 1.26. The Morgan fingerprint density at radius 3 is 2.83 bits per heavy atom. The molecule has 1 aromatic heterocycles. The number of anilines is 1. The Labute approximate surface area is 112 Å². The molecule has 0 aliphatic rings. The smallest absolute Gasteiger partial charge is 0.255 e. The summed E-state index contributed by atoms with van der Waals surface area (Å²) in [5.74, 6) is -1.05. The first-order valence-corrected chi connectivity index (χ1v) is 6.04. The average molecular weight is 309 g/mol. The van der Waals surface area contributed by atoms with Gasteiger partial charge in [-0.25, -0.2) is 4.98 Å². The van der Waals surface area contributed by atoms with Crippen molar-refractivity contribution in [3.63, 3.8) is 0 Å². The molecule has 0 aliphatic carbocycles. The van der Waals surface area contributed by atoms with Crippen molar-refractivity contribution in [1.82, 2.24) is 4.98 Å². The lowest BCUT2D eigenvalue weighted by Gasteiger charge is -2.08. The second-order valence-corrected chi connectivity index (χ2v) is 4.66. The minimum atomic E-state index is -0.675. The van der Waals surface area contributed by atoms with Crippen LogP contribution in [0.3, 0.4) is 0 Å². The molecule has 2 rings (SSSR count). The average Bonchev–Trinajstić information content (AvgIpc) is 2.34. The van der Waals surface area contributed by atoms with Crippen LogP contribution >= 0.6 is 15.9 Å². The fourth-order valence-electron chi connectivity index (χ4n) is 1.47. The Morgan fingerprint density at radius 1 is 1.33 bits per heavy atom. The predicted octanol–water partition coefficient (Wildman–Crippen LogP) is 3.54. The molecule has 1 heterocycles. The number of rotatable bonds is 2. The van der Waals surface area contributed by atoms with Crippen molar-refractivity contribution in [1.29, 1.82) is 0 Å². The monoisotopic (exact) mass is 308 g/mol. The molecule has 0 saturated heterocycles. The SMILES string of the molecule is Cc1ccc(Br)c(NC(=O)c2ccnc(F)c2)c1. The first-order chi connectivity index (χ1) is 8.56. The number of nitrogens with one attached hydrogen (secondary N) is 1. The molecule has 0 aliphatic heterocycles. The van der Waals surface area contributed by atoms with Crippen LogP contribution in [0.1, 0.15) is 15.9 Å². The Bertz CT molecular complexity index is 601. The van der Waals surface area contributed by atoms with Crippen LogP contribution in [-0.4, -0.2) is 10.9 Å². The van der Waals surface area contributed by atoms with Gasteiger partial charge < -0.3 is 5.32 Å². The maximum atomic E-state index is 12.9. The summed E-state index contributed by atoms with van der Waals surface area (Å²) >= 11 is 3.34. The molecular formula is C13H10BrFN2O. The van der Waals surface area contributed by atoms with Crippen LogP contribution in [0.2, 0.25) is 0 Å². The van der Waals surface area contributed by atoms with E-state index >= 15 is 0 Å². The van der Waals surface area contributed by atoms with E-state index in [0.717, 1.165) is 16.1 Å². The van der Waals surface area contributed by atoms with E-state index < -0.39 is 5.95 Å². The molecule has 0 unspecified atom stereocenters. The number of aryl methyl sites for hydroxylation is 1. The molecule has 5 heteroatoms. The number of hydrogen-bond donors (Lipinski definition) is 1. The van der Waals surface area contributed by atoms with Gasteiger partial charge in [0.2, 0.25) is 5.95 Å². The molecule has 18 heavy (non-hydrogen) atoms. The quantitative estimate of drug-likeness (QED) is 0.862. The van der Waals surface area contributed by atoms with Crippen molar-refractivity contribution >= 4 is 27.5 Å². The van der Waals surface area contributed by atoms with Crippen LogP contribution in [0.5, 0.6) is 0 Å². The van der Waals surface area contributed by atoms with Gasteiger partial charge in [-0.2, -0.15) is 4.39 Å². The van der Waals surface area contributed by atoms with Crippen molar-refractivity contribution in [3.05, 3.63) is 58.1 Å². The summed E-state index contributed by atoms with van der Waals surface area (Å²) < 4.78 is 13.7. The van der Waals surface area contributed by atoms with Gasteiger partial charge >= 0.3 is 0 Å². The minimum Gasteiger partial charge on any atom is -0.321 e. The number of halogens is 2. The Hall–Kier alpha value is -1.75. The molecule has 1 N–H and O–H groups in total. The summed E-state index contributed by atoms with van der Waals surface area (Å²) in [5.41, 5.74) is 1.91. The van der Waals surface area contributed by atoms with E-state index in [-0.39, 0.29) is 11.5 Å². The van der Waals surface area contributed by atoms with E-state index in [0.29, 0.717) is 5.69 Å². The third-order valence-corrected chi connectivity index (χ3v) is 3.05. The molecule has 0 radical (unpaired) electrons. The van der Waals surface area contributed by atoms with Crippen molar-refractivity contribution in [2.45, 2.75) is 6.92 Å². The van der Waals surface area contributed by atoms with Gasteiger partial charge in [0.05, 0.1) is 5.69 Å². The van der Waals surface area contributed by atoms with E-state index in [1.54, 1.807) is 0 Å². The first kappa shape index (κ1) is 12.7. The number of hydrogen-bond acceptors (Lipinski definition) is 2. The Kier molecular flexibility index (Phi) is 3.72. The predicted molar refractivity (Wildman–Crippen MR) is 71.0 cm³/mol. The molecule has 0 saturated carbocycles. The molecule has 0 fully saturated rings. The molecule has 3 nitrogen and oxygen atoms in total. The van der Waals surface area contributed by atoms with Crippen LogP contribution in [0, 0.1) is 12.9 Å². The number of nitrogens with zero attached hydrogens (tertiary/aromatic N) is 1. The zero-order valence-electron chi connectivity index (χ0n) is 9.58. The largest absolute Gasteiger partial charge is 0.321 e. The van der Waals surface area contributed by atoms with E-state index in [9.17, 15) is 9.18 Å².